The van der Waals surface area contributed by atoms with Crippen LogP contribution in [0.4, 0.5) is 17.1 Å². The molecule has 8 nitrogen and oxygen atoms in total. The van der Waals surface area contributed by atoms with Crippen LogP contribution in [-0.2, 0) is 0 Å². The molecule has 2 aliphatic rings. The lowest BCUT2D eigenvalue weighted by Gasteiger charge is -2.38. The standard InChI is InChI=1S/C26H22ClN3O5S/c1-14(31)15-10-11-19-17(12-15)24-18(26(28-19)16-6-2-3-7-20(16)29(32)33)13-23(25(24)27)36-22-9-5-4-8-21(22)30(34)35/h2-12,18,23-26,28H,13H2,1H3/t18-,23-,24+,25-,26-/m0/s1. The molecule has 3 aromatic rings. The Balaban J connectivity index is 1.60. The Kier molecular flexibility index (Phi) is 6.44. The van der Waals surface area contributed by atoms with Crippen molar-refractivity contribution < 1.29 is 14.6 Å². The summed E-state index contributed by atoms with van der Waals surface area (Å²) in [6, 6.07) is 18.3. The number of nitro benzene ring substituents is 2. The Hall–Kier alpha value is -3.43. The van der Waals surface area contributed by atoms with Gasteiger partial charge >= 0.3 is 0 Å². The molecule has 0 amide bonds. The zero-order valence-corrected chi connectivity index (χ0v) is 20.7. The molecule has 5 atom stereocenters. The van der Waals surface area contributed by atoms with E-state index in [1.807, 2.05) is 12.1 Å². The molecule has 0 aromatic heterocycles. The maximum Gasteiger partial charge on any atom is 0.282 e. The number of ketones is 1. The second-order valence-corrected chi connectivity index (χ2v) is 10.8. The van der Waals surface area contributed by atoms with Crippen molar-refractivity contribution in [3.8, 4) is 0 Å². The maximum atomic E-state index is 12.1. The molecule has 0 saturated heterocycles. The van der Waals surface area contributed by atoms with Gasteiger partial charge in [-0.05, 0) is 49.1 Å². The molecule has 0 unspecified atom stereocenters. The smallest absolute Gasteiger partial charge is 0.282 e. The Labute approximate surface area is 216 Å². The van der Waals surface area contributed by atoms with E-state index < -0.39 is 10.3 Å². The molecule has 36 heavy (non-hydrogen) atoms. The SMILES string of the molecule is CC(=O)c1ccc2c(c1)[C@H]1[C@@H](Cl)[C@@H](Sc3ccccc3[N+](=O)[O-])C[C@@H]1[C@H](c1ccccc1[N+](=O)[O-])N2. The minimum Gasteiger partial charge on any atom is -0.377 e. The quantitative estimate of drug-likeness (QED) is 0.164. The van der Waals surface area contributed by atoms with Gasteiger partial charge in [-0.3, -0.25) is 25.0 Å². The molecule has 1 fully saturated rings. The summed E-state index contributed by atoms with van der Waals surface area (Å²) in [7, 11) is 0. The molecular formula is C26H22ClN3O5S. The number of thioether (sulfide) groups is 1. The molecule has 0 spiro atoms. The van der Waals surface area contributed by atoms with Gasteiger partial charge in [0.05, 0.1) is 31.7 Å². The molecule has 1 saturated carbocycles. The third kappa shape index (κ3) is 4.22. The Morgan fingerprint density at radius 2 is 1.64 bits per heavy atom. The first-order chi connectivity index (χ1) is 17.3. The van der Waals surface area contributed by atoms with Crippen LogP contribution >= 0.6 is 23.4 Å². The van der Waals surface area contributed by atoms with Gasteiger partial charge in [0, 0.05) is 34.6 Å². The first-order valence-corrected chi connectivity index (χ1v) is 12.8. The fraction of sp³-hybridized carbons (Fsp3) is 0.269. The lowest BCUT2D eigenvalue weighted by molar-refractivity contribution is -0.387. The maximum absolute atomic E-state index is 12.1. The van der Waals surface area contributed by atoms with Crippen LogP contribution in [0.3, 0.4) is 0 Å². The van der Waals surface area contributed by atoms with Crippen LogP contribution in [-0.4, -0.2) is 26.3 Å². The van der Waals surface area contributed by atoms with Gasteiger partial charge < -0.3 is 5.32 Å². The van der Waals surface area contributed by atoms with E-state index in [-0.39, 0.29) is 45.2 Å². The van der Waals surface area contributed by atoms with Crippen LogP contribution in [0.25, 0.3) is 0 Å². The monoisotopic (exact) mass is 523 g/mol. The van der Waals surface area contributed by atoms with Gasteiger partial charge in [-0.15, -0.1) is 23.4 Å². The van der Waals surface area contributed by atoms with Gasteiger partial charge in [-0.2, -0.15) is 0 Å². The van der Waals surface area contributed by atoms with Crippen molar-refractivity contribution in [2.24, 2.45) is 5.92 Å². The normalized spacial score (nSPS) is 24.3. The second-order valence-electron chi connectivity index (χ2n) is 9.05. The molecule has 1 heterocycles. The van der Waals surface area contributed by atoms with Gasteiger partial charge in [0.2, 0.25) is 0 Å². The summed E-state index contributed by atoms with van der Waals surface area (Å²) in [5.74, 6) is -0.388. The minimum atomic E-state index is -0.409. The summed E-state index contributed by atoms with van der Waals surface area (Å²) in [6.45, 7) is 1.51. The number of carbonyl (C=O) groups is 1. The van der Waals surface area contributed by atoms with Crippen LogP contribution in [0.15, 0.2) is 71.6 Å². The topological polar surface area (TPSA) is 115 Å². The Morgan fingerprint density at radius 3 is 2.33 bits per heavy atom. The lowest BCUT2D eigenvalue weighted by Crippen LogP contribution is -2.31. The number of carbonyl (C=O) groups excluding carboxylic acids is 1. The molecule has 1 aliphatic carbocycles. The number of hydrogen-bond acceptors (Lipinski definition) is 7. The van der Waals surface area contributed by atoms with Gasteiger partial charge in [0.1, 0.15) is 0 Å². The highest BCUT2D eigenvalue weighted by Crippen LogP contribution is 2.58. The van der Waals surface area contributed by atoms with Crippen LogP contribution < -0.4 is 5.32 Å². The van der Waals surface area contributed by atoms with Gasteiger partial charge in [-0.25, -0.2) is 0 Å². The van der Waals surface area contributed by atoms with E-state index in [2.05, 4.69) is 5.32 Å². The summed E-state index contributed by atoms with van der Waals surface area (Å²) in [5, 5.41) is 26.3. The number of halogens is 1. The first-order valence-electron chi connectivity index (χ1n) is 11.4. The van der Waals surface area contributed by atoms with Crippen molar-refractivity contribution in [3.05, 3.63) is 104 Å². The number of benzene rings is 3. The Bertz CT molecular complexity index is 1380. The van der Waals surface area contributed by atoms with Crippen molar-refractivity contribution in [1.82, 2.24) is 0 Å². The van der Waals surface area contributed by atoms with E-state index in [0.29, 0.717) is 22.4 Å². The molecule has 10 heteroatoms. The third-order valence-electron chi connectivity index (χ3n) is 7.03. The minimum absolute atomic E-state index is 0.0221. The summed E-state index contributed by atoms with van der Waals surface area (Å²) in [6.07, 6.45) is 0.586. The molecule has 184 valence electrons. The van der Waals surface area contributed by atoms with Gasteiger partial charge in [0.25, 0.3) is 11.4 Å². The third-order valence-corrected chi connectivity index (χ3v) is 9.14. The zero-order chi connectivity index (χ0) is 25.6. The summed E-state index contributed by atoms with van der Waals surface area (Å²) >= 11 is 8.48. The number of nitrogens with one attached hydrogen (secondary N) is 1. The second kappa shape index (κ2) is 9.55. The molecule has 1 N–H and O–H groups in total. The largest absolute Gasteiger partial charge is 0.377 e. The van der Waals surface area contributed by atoms with E-state index in [1.54, 1.807) is 42.5 Å². The van der Waals surface area contributed by atoms with Crippen molar-refractivity contribution in [2.75, 3.05) is 5.32 Å². The fourth-order valence-electron chi connectivity index (χ4n) is 5.43. The summed E-state index contributed by atoms with van der Waals surface area (Å²) in [5.41, 5.74) is 2.86. The number of hydrogen-bond donors (Lipinski definition) is 1. The highest BCUT2D eigenvalue weighted by atomic mass is 35.5. The number of rotatable bonds is 6. The Morgan fingerprint density at radius 1 is 0.972 bits per heavy atom. The van der Waals surface area contributed by atoms with Gasteiger partial charge in [0.15, 0.2) is 5.78 Å². The lowest BCUT2D eigenvalue weighted by atomic mass is 9.76. The van der Waals surface area contributed by atoms with E-state index in [4.69, 9.17) is 11.6 Å². The molecule has 0 bridgehead atoms. The van der Waals surface area contributed by atoms with Crippen LogP contribution in [0.5, 0.6) is 0 Å². The van der Waals surface area contributed by atoms with E-state index in [0.717, 1.165) is 11.3 Å². The predicted molar refractivity (Wildman–Crippen MR) is 139 cm³/mol. The van der Waals surface area contributed by atoms with Crippen molar-refractivity contribution in [3.63, 3.8) is 0 Å². The number of Topliss-reactive ketones (excluding diaryl/α,β-unsaturated/α-hetero) is 1. The molecular weight excluding hydrogens is 502 g/mol. The van der Waals surface area contributed by atoms with Crippen molar-refractivity contribution in [1.29, 1.82) is 0 Å². The number of anilines is 1. The van der Waals surface area contributed by atoms with E-state index in [1.165, 1.54) is 30.8 Å². The average Bonchev–Trinajstić information content (AvgIpc) is 3.19. The van der Waals surface area contributed by atoms with Gasteiger partial charge in [-0.1, -0.05) is 30.3 Å². The predicted octanol–water partition coefficient (Wildman–Crippen LogP) is 6.74. The number of fused-ring (bicyclic) bond motifs is 3. The van der Waals surface area contributed by atoms with Crippen LogP contribution in [0.1, 0.15) is 46.8 Å². The average molecular weight is 524 g/mol. The van der Waals surface area contributed by atoms with E-state index >= 15 is 0 Å². The highest BCUT2D eigenvalue weighted by Gasteiger charge is 2.51. The van der Waals surface area contributed by atoms with Crippen molar-refractivity contribution >= 4 is 46.2 Å². The number of alkyl halides is 1. The number of para-hydroxylation sites is 2. The number of nitrogens with zero attached hydrogens (tertiary/aromatic N) is 2. The van der Waals surface area contributed by atoms with Crippen molar-refractivity contribution in [2.45, 2.75) is 40.8 Å². The highest BCUT2D eigenvalue weighted by molar-refractivity contribution is 8.00. The molecule has 5 rings (SSSR count). The number of nitro groups is 2. The van der Waals surface area contributed by atoms with Crippen LogP contribution in [0.2, 0.25) is 0 Å². The fourth-order valence-corrected chi connectivity index (χ4v) is 7.37. The van der Waals surface area contributed by atoms with E-state index in [9.17, 15) is 25.0 Å². The molecule has 3 aromatic carbocycles. The summed E-state index contributed by atoms with van der Waals surface area (Å²) in [4.78, 5) is 35.3. The first kappa shape index (κ1) is 24.3. The molecule has 1 aliphatic heterocycles. The molecule has 0 radical (unpaired) electrons. The van der Waals surface area contributed by atoms with Crippen LogP contribution in [0, 0.1) is 26.1 Å². The zero-order valence-electron chi connectivity index (χ0n) is 19.2. The summed E-state index contributed by atoms with van der Waals surface area (Å²) < 4.78 is 0.